The van der Waals surface area contributed by atoms with Gasteiger partial charge in [-0.25, -0.2) is 0 Å². The van der Waals surface area contributed by atoms with Gasteiger partial charge in [-0.1, -0.05) is 12.1 Å². The van der Waals surface area contributed by atoms with Crippen LogP contribution in [0.3, 0.4) is 0 Å². The van der Waals surface area contributed by atoms with Crippen LogP contribution in [0.1, 0.15) is 32.6 Å². The Morgan fingerprint density at radius 3 is 3.12 bits per heavy atom. The average Bonchev–Trinajstić information content (AvgIpc) is 2.82. The zero-order valence-corrected chi connectivity index (χ0v) is 10.6. The number of piperidine rings is 1. The van der Waals surface area contributed by atoms with Crippen LogP contribution in [-0.4, -0.2) is 47.7 Å². The quantitative estimate of drug-likeness (QED) is 0.291. The van der Waals surface area contributed by atoms with Crippen molar-refractivity contribution in [1.29, 1.82) is 0 Å². The van der Waals surface area contributed by atoms with E-state index in [0.29, 0.717) is 11.9 Å². The topological polar surface area (TPSA) is 73.9 Å². The first-order valence-corrected chi connectivity index (χ1v) is 6.65. The maximum absolute atomic E-state index is 8.59. The Kier molecular flexibility index (Phi) is 4.23. The molecule has 0 bridgehead atoms. The second kappa shape index (κ2) is 5.69. The molecule has 2 saturated heterocycles. The Morgan fingerprint density at radius 2 is 2.35 bits per heavy atom. The average molecular weight is 240 g/mol. The lowest BCUT2D eigenvalue weighted by Crippen LogP contribution is -2.47. The van der Waals surface area contributed by atoms with Crippen molar-refractivity contribution in [2.75, 3.05) is 19.6 Å². The third kappa shape index (κ3) is 3.10. The molecule has 2 aliphatic heterocycles. The van der Waals surface area contributed by atoms with E-state index >= 15 is 0 Å². The van der Waals surface area contributed by atoms with Gasteiger partial charge in [-0.3, -0.25) is 0 Å². The lowest BCUT2D eigenvalue weighted by atomic mass is 9.97. The molecule has 2 fully saturated rings. The molecule has 2 aliphatic rings. The monoisotopic (exact) mass is 240 g/mol. The number of nitrogens with zero attached hydrogens (tertiary/aromatic N) is 2. The van der Waals surface area contributed by atoms with Gasteiger partial charge in [-0.05, 0) is 38.8 Å². The molecule has 5 heteroatoms. The van der Waals surface area contributed by atoms with Crippen molar-refractivity contribution in [2.24, 2.45) is 16.8 Å². The van der Waals surface area contributed by atoms with Crippen LogP contribution in [0, 0.1) is 5.92 Å². The Hall–Kier alpha value is -0.810. The van der Waals surface area contributed by atoms with E-state index in [1.165, 1.54) is 38.8 Å². The van der Waals surface area contributed by atoms with Gasteiger partial charge in [0.25, 0.3) is 0 Å². The number of nitrogens with two attached hydrogens (primary N) is 1. The van der Waals surface area contributed by atoms with Gasteiger partial charge in [0.15, 0.2) is 0 Å². The summed E-state index contributed by atoms with van der Waals surface area (Å²) in [6.07, 6.45) is 5.19. The van der Waals surface area contributed by atoms with Crippen molar-refractivity contribution >= 4 is 5.84 Å². The smallest absolute Gasteiger partial charge is 0.143 e. The SMILES string of the molecule is CC(CNC1CCN2CCCC2C1)C(N)=NO. The summed E-state index contributed by atoms with van der Waals surface area (Å²) in [4.78, 5) is 2.62. The summed E-state index contributed by atoms with van der Waals surface area (Å²) in [5.74, 6) is 0.414. The molecule has 5 nitrogen and oxygen atoms in total. The maximum atomic E-state index is 8.59. The minimum Gasteiger partial charge on any atom is -0.409 e. The molecular weight excluding hydrogens is 216 g/mol. The summed E-state index contributed by atoms with van der Waals surface area (Å²) in [5.41, 5.74) is 5.57. The van der Waals surface area contributed by atoms with Crippen LogP contribution in [0.15, 0.2) is 5.16 Å². The Morgan fingerprint density at radius 1 is 1.53 bits per heavy atom. The predicted molar refractivity (Wildman–Crippen MR) is 68.2 cm³/mol. The Bertz CT molecular complexity index is 282. The van der Waals surface area contributed by atoms with Crippen molar-refractivity contribution in [1.82, 2.24) is 10.2 Å². The van der Waals surface area contributed by atoms with Gasteiger partial charge in [-0.15, -0.1) is 0 Å². The van der Waals surface area contributed by atoms with E-state index in [1.807, 2.05) is 6.92 Å². The van der Waals surface area contributed by atoms with Crippen LogP contribution in [0.2, 0.25) is 0 Å². The normalized spacial score (nSPS) is 32.4. The molecule has 0 spiro atoms. The molecule has 0 amide bonds. The lowest BCUT2D eigenvalue weighted by Gasteiger charge is -2.35. The molecule has 0 aromatic rings. The third-order valence-electron chi connectivity index (χ3n) is 4.15. The van der Waals surface area contributed by atoms with Gasteiger partial charge in [0.1, 0.15) is 5.84 Å². The number of fused-ring (bicyclic) bond motifs is 1. The van der Waals surface area contributed by atoms with Crippen molar-refractivity contribution in [3.05, 3.63) is 0 Å². The summed E-state index contributed by atoms with van der Waals surface area (Å²) < 4.78 is 0. The molecule has 0 saturated carbocycles. The maximum Gasteiger partial charge on any atom is 0.143 e. The third-order valence-corrected chi connectivity index (χ3v) is 4.15. The van der Waals surface area contributed by atoms with Crippen LogP contribution in [-0.2, 0) is 0 Å². The minimum absolute atomic E-state index is 0.0987. The molecule has 4 N–H and O–H groups in total. The molecule has 2 heterocycles. The van der Waals surface area contributed by atoms with E-state index in [9.17, 15) is 0 Å². The van der Waals surface area contributed by atoms with E-state index in [1.54, 1.807) is 0 Å². The molecule has 0 radical (unpaired) electrons. The number of hydrogen-bond donors (Lipinski definition) is 3. The highest BCUT2D eigenvalue weighted by atomic mass is 16.4. The van der Waals surface area contributed by atoms with E-state index in [2.05, 4.69) is 15.4 Å². The Balaban J connectivity index is 1.73. The number of rotatable bonds is 4. The van der Waals surface area contributed by atoms with Crippen LogP contribution in [0.5, 0.6) is 0 Å². The summed E-state index contributed by atoms with van der Waals surface area (Å²) in [6, 6.07) is 1.39. The predicted octanol–water partition coefficient (Wildman–Crippen LogP) is 0.585. The summed E-state index contributed by atoms with van der Waals surface area (Å²) in [5, 5.41) is 15.2. The molecule has 0 aliphatic carbocycles. The van der Waals surface area contributed by atoms with Crippen molar-refractivity contribution in [3.63, 3.8) is 0 Å². The zero-order valence-electron chi connectivity index (χ0n) is 10.6. The first kappa shape index (κ1) is 12.6. The van der Waals surface area contributed by atoms with Gasteiger partial charge in [0.05, 0.1) is 0 Å². The fraction of sp³-hybridized carbons (Fsp3) is 0.917. The first-order valence-electron chi connectivity index (χ1n) is 6.65. The number of hydrogen-bond acceptors (Lipinski definition) is 4. The van der Waals surface area contributed by atoms with Crippen LogP contribution < -0.4 is 11.1 Å². The van der Waals surface area contributed by atoms with Crippen LogP contribution in [0.4, 0.5) is 0 Å². The molecule has 17 heavy (non-hydrogen) atoms. The van der Waals surface area contributed by atoms with Gasteiger partial charge in [0, 0.05) is 24.5 Å². The Labute approximate surface area is 103 Å². The van der Waals surface area contributed by atoms with Gasteiger partial charge >= 0.3 is 0 Å². The number of amidine groups is 1. The van der Waals surface area contributed by atoms with Crippen molar-refractivity contribution in [2.45, 2.75) is 44.7 Å². The van der Waals surface area contributed by atoms with Gasteiger partial charge < -0.3 is 21.2 Å². The lowest BCUT2D eigenvalue weighted by molar-refractivity contribution is 0.166. The summed E-state index contributed by atoms with van der Waals surface area (Å²) >= 11 is 0. The summed E-state index contributed by atoms with van der Waals surface area (Å²) in [6.45, 7) is 5.29. The highest BCUT2D eigenvalue weighted by Crippen LogP contribution is 2.26. The first-order chi connectivity index (χ1) is 8.20. The van der Waals surface area contributed by atoms with E-state index < -0.39 is 0 Å². The molecule has 3 unspecified atom stereocenters. The van der Waals surface area contributed by atoms with Crippen molar-refractivity contribution in [3.8, 4) is 0 Å². The van der Waals surface area contributed by atoms with Crippen molar-refractivity contribution < 1.29 is 5.21 Å². The molecule has 98 valence electrons. The van der Waals surface area contributed by atoms with E-state index in [4.69, 9.17) is 10.9 Å². The highest BCUT2D eigenvalue weighted by Gasteiger charge is 2.31. The number of oxime groups is 1. The van der Waals surface area contributed by atoms with Gasteiger partial charge in [-0.2, -0.15) is 0 Å². The van der Waals surface area contributed by atoms with Crippen LogP contribution in [0.25, 0.3) is 0 Å². The standard InChI is InChI=1S/C12H24N4O/c1-9(12(13)15-17)8-14-10-4-6-16-5-2-3-11(16)7-10/h9-11,14,17H,2-8H2,1H3,(H2,13,15). The summed E-state index contributed by atoms with van der Waals surface area (Å²) in [7, 11) is 0. The highest BCUT2D eigenvalue weighted by molar-refractivity contribution is 5.82. The largest absolute Gasteiger partial charge is 0.409 e. The number of nitrogens with one attached hydrogen (secondary N) is 1. The minimum atomic E-state index is 0.0987. The molecule has 0 aromatic carbocycles. The fourth-order valence-electron chi connectivity index (χ4n) is 2.96. The van der Waals surface area contributed by atoms with Crippen LogP contribution >= 0.6 is 0 Å². The van der Waals surface area contributed by atoms with E-state index in [-0.39, 0.29) is 5.92 Å². The van der Waals surface area contributed by atoms with E-state index in [0.717, 1.165) is 12.6 Å². The molecule has 3 atom stereocenters. The second-order valence-electron chi connectivity index (χ2n) is 5.39. The molecular formula is C12H24N4O. The molecule has 0 aromatic heterocycles. The second-order valence-corrected chi connectivity index (χ2v) is 5.39. The zero-order chi connectivity index (χ0) is 12.3. The van der Waals surface area contributed by atoms with Gasteiger partial charge in [0.2, 0.25) is 0 Å². The molecule has 2 rings (SSSR count). The fourth-order valence-corrected chi connectivity index (χ4v) is 2.96.